The molecule has 1 N–H and O–H groups in total. The molecule has 1 aromatic carbocycles. The standard InChI is InChI=1S/C17H16F4N2O5/c18-12-3-9(17(19,20)21)1-2-13(12)27-10-4-11(5-10)28-15(25)23-6-16(7-23)8-26-14(24)22-16/h1-3,10-11H,4-8H2,(H,22,24). The number of nitrogens with one attached hydrogen (secondary N) is 1. The number of carbonyl (C=O) groups excluding carboxylic acids is 2. The van der Waals surface area contributed by atoms with Gasteiger partial charge in [0.05, 0.1) is 18.7 Å². The number of likely N-dealkylation sites (tertiary alicyclic amines) is 1. The summed E-state index contributed by atoms with van der Waals surface area (Å²) in [5.74, 6) is -1.37. The van der Waals surface area contributed by atoms with Crippen LogP contribution in [0.15, 0.2) is 18.2 Å². The Morgan fingerprint density at radius 2 is 1.96 bits per heavy atom. The second-order valence-electron chi connectivity index (χ2n) is 7.20. The first-order valence-electron chi connectivity index (χ1n) is 8.57. The van der Waals surface area contributed by atoms with Crippen LogP contribution >= 0.6 is 0 Å². The van der Waals surface area contributed by atoms with Gasteiger partial charge in [-0.2, -0.15) is 13.2 Å². The van der Waals surface area contributed by atoms with E-state index in [2.05, 4.69) is 5.32 Å². The summed E-state index contributed by atoms with van der Waals surface area (Å²) in [4.78, 5) is 24.5. The van der Waals surface area contributed by atoms with Crippen LogP contribution in [0, 0.1) is 5.82 Å². The van der Waals surface area contributed by atoms with Crippen LogP contribution in [0.3, 0.4) is 0 Å². The lowest BCUT2D eigenvalue weighted by atomic mass is 9.91. The van der Waals surface area contributed by atoms with Gasteiger partial charge < -0.3 is 24.4 Å². The molecule has 1 aliphatic carbocycles. The first-order valence-corrected chi connectivity index (χ1v) is 8.57. The summed E-state index contributed by atoms with van der Waals surface area (Å²) in [6.45, 7) is 0.787. The number of hydrogen-bond acceptors (Lipinski definition) is 5. The number of nitrogens with zero attached hydrogens (tertiary/aromatic N) is 1. The SMILES string of the molecule is O=C1NC2(CO1)CN(C(=O)OC1CC(Oc3ccc(C(F)(F)F)cc3F)C1)C2. The highest BCUT2D eigenvalue weighted by Gasteiger charge is 2.52. The predicted octanol–water partition coefficient (Wildman–Crippen LogP) is 2.69. The number of ether oxygens (including phenoxy) is 3. The fourth-order valence-corrected chi connectivity index (χ4v) is 3.36. The minimum atomic E-state index is -4.63. The van der Waals surface area contributed by atoms with Crippen LogP contribution in [-0.2, 0) is 15.7 Å². The van der Waals surface area contributed by atoms with Gasteiger partial charge in [0.2, 0.25) is 0 Å². The van der Waals surface area contributed by atoms with Crippen molar-refractivity contribution >= 4 is 12.2 Å². The molecule has 1 saturated carbocycles. The fourth-order valence-electron chi connectivity index (χ4n) is 3.36. The van der Waals surface area contributed by atoms with E-state index in [1.165, 1.54) is 4.90 Å². The summed E-state index contributed by atoms with van der Waals surface area (Å²) < 4.78 is 66.9. The quantitative estimate of drug-likeness (QED) is 0.784. The Kier molecular flexibility index (Phi) is 4.27. The van der Waals surface area contributed by atoms with Gasteiger partial charge in [-0.25, -0.2) is 14.0 Å². The third-order valence-electron chi connectivity index (χ3n) is 4.96. The average molecular weight is 404 g/mol. The molecule has 28 heavy (non-hydrogen) atoms. The number of hydrogen-bond donors (Lipinski definition) is 1. The monoisotopic (exact) mass is 404 g/mol. The Morgan fingerprint density at radius 1 is 1.25 bits per heavy atom. The first-order chi connectivity index (χ1) is 13.1. The van der Waals surface area contributed by atoms with E-state index < -0.39 is 47.5 Å². The fraction of sp³-hybridized carbons (Fsp3) is 0.529. The van der Waals surface area contributed by atoms with E-state index in [0.717, 1.165) is 12.1 Å². The largest absolute Gasteiger partial charge is 0.487 e. The molecule has 0 radical (unpaired) electrons. The van der Waals surface area contributed by atoms with Gasteiger partial charge in [0.15, 0.2) is 11.6 Å². The number of halogens is 4. The van der Waals surface area contributed by atoms with Crippen molar-refractivity contribution in [2.45, 2.75) is 36.8 Å². The van der Waals surface area contributed by atoms with Gasteiger partial charge in [-0.05, 0) is 18.2 Å². The van der Waals surface area contributed by atoms with Crippen LogP contribution in [0.2, 0.25) is 0 Å². The maximum absolute atomic E-state index is 13.8. The molecule has 2 aliphatic heterocycles. The van der Waals surface area contributed by atoms with Gasteiger partial charge in [0, 0.05) is 12.8 Å². The molecular weight excluding hydrogens is 388 g/mol. The highest BCUT2D eigenvalue weighted by molar-refractivity contribution is 5.74. The van der Waals surface area contributed by atoms with Crippen LogP contribution in [0.1, 0.15) is 18.4 Å². The number of alkyl halides is 3. The van der Waals surface area contributed by atoms with E-state index in [4.69, 9.17) is 14.2 Å². The van der Waals surface area contributed by atoms with Crippen molar-refractivity contribution in [1.82, 2.24) is 10.2 Å². The number of rotatable bonds is 3. The molecule has 4 rings (SSSR count). The predicted molar refractivity (Wildman–Crippen MR) is 84.1 cm³/mol. The number of benzene rings is 1. The highest BCUT2D eigenvalue weighted by atomic mass is 19.4. The normalized spacial score (nSPS) is 25.4. The van der Waals surface area contributed by atoms with E-state index in [0.29, 0.717) is 32.0 Å². The number of carbonyl (C=O) groups is 2. The minimum absolute atomic E-state index is 0.202. The average Bonchev–Trinajstić information content (AvgIpc) is 2.94. The van der Waals surface area contributed by atoms with Crippen LogP contribution in [-0.4, -0.2) is 54.5 Å². The van der Waals surface area contributed by atoms with Gasteiger partial charge in [0.25, 0.3) is 0 Å². The molecule has 3 fully saturated rings. The molecule has 2 heterocycles. The van der Waals surface area contributed by atoms with Crippen molar-refractivity contribution in [2.75, 3.05) is 19.7 Å². The van der Waals surface area contributed by atoms with E-state index in [9.17, 15) is 27.2 Å². The van der Waals surface area contributed by atoms with Crippen LogP contribution < -0.4 is 10.1 Å². The van der Waals surface area contributed by atoms with Gasteiger partial charge in [-0.15, -0.1) is 0 Å². The third kappa shape index (κ3) is 3.52. The zero-order valence-electron chi connectivity index (χ0n) is 14.4. The lowest BCUT2D eigenvalue weighted by Gasteiger charge is -2.46. The van der Waals surface area contributed by atoms with Crippen molar-refractivity contribution in [1.29, 1.82) is 0 Å². The molecule has 1 spiro atoms. The molecule has 7 nitrogen and oxygen atoms in total. The molecule has 0 unspecified atom stereocenters. The molecule has 11 heteroatoms. The Balaban J connectivity index is 1.21. The highest BCUT2D eigenvalue weighted by Crippen LogP contribution is 2.35. The smallest absolute Gasteiger partial charge is 0.416 e. The summed E-state index contributed by atoms with van der Waals surface area (Å²) in [5.41, 5.74) is -1.63. The van der Waals surface area contributed by atoms with Gasteiger partial charge >= 0.3 is 18.4 Å². The topological polar surface area (TPSA) is 77.1 Å². The molecule has 152 valence electrons. The van der Waals surface area contributed by atoms with Gasteiger partial charge in [-0.3, -0.25) is 0 Å². The molecular formula is C17H16F4N2O5. The van der Waals surface area contributed by atoms with Crippen LogP contribution in [0.25, 0.3) is 0 Å². The number of cyclic esters (lactones) is 1. The molecule has 0 aromatic heterocycles. The molecule has 0 atom stereocenters. The Morgan fingerprint density at radius 3 is 2.54 bits per heavy atom. The summed E-state index contributed by atoms with van der Waals surface area (Å²) in [7, 11) is 0. The van der Waals surface area contributed by atoms with E-state index >= 15 is 0 Å². The second-order valence-corrected chi connectivity index (χ2v) is 7.20. The van der Waals surface area contributed by atoms with Crippen molar-refractivity contribution in [3.05, 3.63) is 29.6 Å². The van der Waals surface area contributed by atoms with E-state index in [-0.39, 0.29) is 12.4 Å². The Bertz CT molecular complexity index is 803. The second kappa shape index (κ2) is 6.42. The maximum atomic E-state index is 13.8. The van der Waals surface area contributed by atoms with Crippen molar-refractivity contribution in [2.24, 2.45) is 0 Å². The van der Waals surface area contributed by atoms with Crippen LogP contribution in [0.5, 0.6) is 5.75 Å². The van der Waals surface area contributed by atoms with Crippen molar-refractivity contribution < 1.29 is 41.4 Å². The Labute approximate surface area is 156 Å². The third-order valence-corrected chi connectivity index (χ3v) is 4.96. The zero-order chi connectivity index (χ0) is 20.1. The van der Waals surface area contributed by atoms with E-state index in [1.54, 1.807) is 0 Å². The first kappa shape index (κ1) is 18.6. The maximum Gasteiger partial charge on any atom is 0.416 e. The molecule has 1 aromatic rings. The summed E-state index contributed by atoms with van der Waals surface area (Å²) in [6, 6.07) is 2.07. The summed E-state index contributed by atoms with van der Waals surface area (Å²) >= 11 is 0. The molecule has 0 bridgehead atoms. The van der Waals surface area contributed by atoms with E-state index in [1.807, 2.05) is 0 Å². The lowest BCUT2D eigenvalue weighted by Crippen LogP contribution is -2.70. The summed E-state index contributed by atoms with van der Waals surface area (Å²) in [6.07, 6.45) is -5.91. The lowest BCUT2D eigenvalue weighted by molar-refractivity contribution is -0.137. The molecule has 2 amide bonds. The molecule has 2 saturated heterocycles. The van der Waals surface area contributed by atoms with Crippen molar-refractivity contribution in [3.8, 4) is 5.75 Å². The Hall–Kier alpha value is -2.72. The van der Waals surface area contributed by atoms with Gasteiger partial charge in [0.1, 0.15) is 24.4 Å². The minimum Gasteiger partial charge on any atom is -0.487 e. The number of amides is 2. The number of alkyl carbamates (subject to hydrolysis) is 1. The van der Waals surface area contributed by atoms with Gasteiger partial charge in [-0.1, -0.05) is 0 Å². The molecule has 3 aliphatic rings. The zero-order valence-corrected chi connectivity index (χ0v) is 14.4. The summed E-state index contributed by atoms with van der Waals surface area (Å²) in [5, 5.41) is 2.65. The van der Waals surface area contributed by atoms with Crippen LogP contribution in [0.4, 0.5) is 27.2 Å². The van der Waals surface area contributed by atoms with Crippen molar-refractivity contribution in [3.63, 3.8) is 0 Å².